The zero-order chi connectivity index (χ0) is 9.02. The summed E-state index contributed by atoms with van der Waals surface area (Å²) in [5.74, 6) is 0. The molecule has 0 heterocycles. The molecule has 0 aliphatic carbocycles. The van der Waals surface area contributed by atoms with Crippen LogP contribution in [0, 0.1) is 0 Å². The van der Waals surface area contributed by atoms with Crippen molar-refractivity contribution < 1.29 is 20.4 Å². The molecule has 5 nitrogen and oxygen atoms in total. The van der Waals surface area contributed by atoms with Crippen molar-refractivity contribution in [3.8, 4) is 0 Å². The number of nitrogens with two attached hydrogens (primary N) is 1. The lowest BCUT2D eigenvalue weighted by Crippen LogP contribution is -2.47. The Balaban J connectivity index is 3.90. The van der Waals surface area contributed by atoms with Crippen LogP contribution >= 0.6 is 0 Å². The third-order valence-electron chi connectivity index (χ3n) is 1.47. The highest BCUT2D eigenvalue weighted by Crippen LogP contribution is 2.02. The second kappa shape index (κ2) is 4.63. The second-order valence-electron chi connectivity index (χ2n) is 2.59. The van der Waals surface area contributed by atoms with Crippen LogP contribution in [0.5, 0.6) is 0 Å². The smallest absolute Gasteiger partial charge is 0.109 e. The Labute approximate surface area is 65.1 Å². The lowest BCUT2D eigenvalue weighted by Gasteiger charge is -2.23. The molecule has 0 radical (unpaired) electrons. The highest BCUT2D eigenvalue weighted by atomic mass is 16.4. The van der Waals surface area contributed by atoms with Crippen LogP contribution in [-0.2, 0) is 0 Å². The molecule has 0 fully saturated rings. The quantitative estimate of drug-likeness (QED) is 0.314. The molecule has 6 N–H and O–H groups in total. The van der Waals surface area contributed by atoms with Crippen molar-refractivity contribution in [2.75, 3.05) is 6.61 Å². The van der Waals surface area contributed by atoms with E-state index in [0.29, 0.717) is 0 Å². The Hall–Kier alpha value is -0.200. The Bertz CT molecular complexity index is 109. The highest BCUT2D eigenvalue weighted by molar-refractivity contribution is 4.80. The molecular formula is C6H15NO4. The van der Waals surface area contributed by atoms with Gasteiger partial charge >= 0.3 is 0 Å². The molecule has 0 aromatic heterocycles. The zero-order valence-corrected chi connectivity index (χ0v) is 6.38. The van der Waals surface area contributed by atoms with Crippen LogP contribution in [0.4, 0.5) is 0 Å². The number of rotatable bonds is 4. The van der Waals surface area contributed by atoms with E-state index in [4.69, 9.17) is 26.2 Å². The fourth-order valence-corrected chi connectivity index (χ4v) is 0.647. The predicted octanol–water partition coefficient (Wildman–Crippen LogP) is -2.59. The first kappa shape index (κ1) is 10.8. The molecule has 0 spiro atoms. The summed E-state index contributed by atoms with van der Waals surface area (Å²) in [6.07, 6.45) is -3.94. The summed E-state index contributed by atoms with van der Waals surface area (Å²) in [7, 11) is 0. The first-order chi connectivity index (χ1) is 5.00. The molecule has 0 aromatic carbocycles. The minimum Gasteiger partial charge on any atom is -0.394 e. The summed E-state index contributed by atoms with van der Waals surface area (Å²) in [5, 5.41) is 35.3. The lowest BCUT2D eigenvalue weighted by atomic mass is 10.0. The van der Waals surface area contributed by atoms with Crippen molar-refractivity contribution in [3.05, 3.63) is 0 Å². The van der Waals surface area contributed by atoms with E-state index in [2.05, 4.69) is 0 Å². The molecule has 0 unspecified atom stereocenters. The summed E-state index contributed by atoms with van der Waals surface area (Å²) in [6, 6.07) is -0.633. The van der Waals surface area contributed by atoms with Gasteiger partial charge in [0.1, 0.15) is 12.2 Å². The molecule has 0 aromatic rings. The van der Waals surface area contributed by atoms with Gasteiger partial charge < -0.3 is 26.2 Å². The first-order valence-corrected chi connectivity index (χ1v) is 3.41. The molecule has 0 saturated carbocycles. The average Bonchev–Trinajstić information content (AvgIpc) is 2.00. The van der Waals surface area contributed by atoms with Gasteiger partial charge in [-0.05, 0) is 6.92 Å². The van der Waals surface area contributed by atoms with Crippen LogP contribution in [0.25, 0.3) is 0 Å². The molecular weight excluding hydrogens is 150 g/mol. The van der Waals surface area contributed by atoms with Crippen molar-refractivity contribution >= 4 is 0 Å². The average molecular weight is 165 g/mol. The number of aliphatic hydroxyl groups is 4. The number of hydrogen-bond donors (Lipinski definition) is 5. The maximum atomic E-state index is 9.05. The Morgan fingerprint density at radius 3 is 1.91 bits per heavy atom. The molecule has 0 amide bonds. The largest absolute Gasteiger partial charge is 0.394 e. The lowest BCUT2D eigenvalue weighted by molar-refractivity contribution is -0.0815. The summed E-state index contributed by atoms with van der Waals surface area (Å²) in [4.78, 5) is 0. The summed E-state index contributed by atoms with van der Waals surface area (Å²) in [5.41, 5.74) is 5.23. The Morgan fingerprint density at radius 2 is 1.64 bits per heavy atom. The molecule has 0 aliphatic heterocycles. The Morgan fingerprint density at radius 1 is 1.18 bits per heavy atom. The van der Waals surface area contributed by atoms with Gasteiger partial charge in [-0.3, -0.25) is 0 Å². The molecule has 0 rings (SSSR count). The maximum absolute atomic E-state index is 9.05. The van der Waals surface area contributed by atoms with E-state index >= 15 is 0 Å². The van der Waals surface area contributed by atoms with E-state index in [1.54, 1.807) is 0 Å². The monoisotopic (exact) mass is 165 g/mol. The van der Waals surface area contributed by atoms with Gasteiger partial charge in [-0.2, -0.15) is 0 Å². The topological polar surface area (TPSA) is 107 Å². The fraction of sp³-hybridized carbons (Fsp3) is 1.00. The van der Waals surface area contributed by atoms with Crippen LogP contribution in [0.15, 0.2) is 0 Å². The van der Waals surface area contributed by atoms with E-state index in [1.807, 2.05) is 0 Å². The van der Waals surface area contributed by atoms with Gasteiger partial charge in [-0.15, -0.1) is 0 Å². The number of hydrogen-bond acceptors (Lipinski definition) is 5. The third-order valence-corrected chi connectivity index (χ3v) is 1.47. The maximum Gasteiger partial charge on any atom is 0.109 e. The van der Waals surface area contributed by atoms with Crippen molar-refractivity contribution in [2.24, 2.45) is 5.73 Å². The summed E-state index contributed by atoms with van der Waals surface area (Å²) in [6.45, 7) is 0.906. The zero-order valence-electron chi connectivity index (χ0n) is 6.38. The van der Waals surface area contributed by atoms with Gasteiger partial charge in [0, 0.05) is 6.04 Å². The standard InChI is InChI=1S/C6H15NO4/c1-3(7)5(10)6(11)4(9)2-8/h3-6,8-11H,2,7H2,1H3/t3-,4+,5+,6-/m0/s1. The van der Waals surface area contributed by atoms with Gasteiger partial charge in [0.05, 0.1) is 12.7 Å². The molecule has 5 heteroatoms. The summed E-state index contributed by atoms with van der Waals surface area (Å²) >= 11 is 0. The van der Waals surface area contributed by atoms with E-state index in [0.717, 1.165) is 0 Å². The van der Waals surface area contributed by atoms with Crippen molar-refractivity contribution in [3.63, 3.8) is 0 Å². The van der Waals surface area contributed by atoms with Crippen molar-refractivity contribution in [2.45, 2.75) is 31.3 Å². The van der Waals surface area contributed by atoms with Crippen LogP contribution < -0.4 is 5.73 Å². The van der Waals surface area contributed by atoms with Gasteiger partial charge in [0.2, 0.25) is 0 Å². The van der Waals surface area contributed by atoms with E-state index in [-0.39, 0.29) is 0 Å². The number of aliphatic hydroxyl groups excluding tert-OH is 4. The highest BCUT2D eigenvalue weighted by Gasteiger charge is 2.26. The van der Waals surface area contributed by atoms with Gasteiger partial charge in [-0.25, -0.2) is 0 Å². The van der Waals surface area contributed by atoms with E-state index in [1.165, 1.54) is 6.92 Å². The van der Waals surface area contributed by atoms with Crippen LogP contribution in [0.1, 0.15) is 6.92 Å². The predicted molar refractivity (Wildman–Crippen MR) is 38.8 cm³/mol. The molecule has 4 atom stereocenters. The third kappa shape index (κ3) is 3.13. The molecule has 0 bridgehead atoms. The summed E-state index contributed by atoms with van der Waals surface area (Å²) < 4.78 is 0. The van der Waals surface area contributed by atoms with Crippen molar-refractivity contribution in [1.29, 1.82) is 0 Å². The Kier molecular flexibility index (Phi) is 4.55. The minimum absolute atomic E-state index is 0.592. The second-order valence-corrected chi connectivity index (χ2v) is 2.59. The fourth-order valence-electron chi connectivity index (χ4n) is 0.647. The van der Waals surface area contributed by atoms with Gasteiger partial charge in [0.25, 0.3) is 0 Å². The SMILES string of the molecule is C[C@H](N)[C@@H](O)[C@@H](O)[C@H](O)CO. The van der Waals surface area contributed by atoms with Crippen LogP contribution in [-0.4, -0.2) is 51.4 Å². The van der Waals surface area contributed by atoms with Gasteiger partial charge in [0.15, 0.2) is 0 Å². The van der Waals surface area contributed by atoms with E-state index < -0.39 is 31.0 Å². The van der Waals surface area contributed by atoms with Crippen LogP contribution in [0.2, 0.25) is 0 Å². The first-order valence-electron chi connectivity index (χ1n) is 3.41. The molecule has 0 aliphatic rings. The normalized spacial score (nSPS) is 22.4. The van der Waals surface area contributed by atoms with Gasteiger partial charge in [-0.1, -0.05) is 0 Å². The van der Waals surface area contributed by atoms with Crippen LogP contribution in [0.3, 0.4) is 0 Å². The van der Waals surface area contributed by atoms with Crippen molar-refractivity contribution in [1.82, 2.24) is 0 Å². The molecule has 11 heavy (non-hydrogen) atoms. The molecule has 68 valence electrons. The molecule has 0 saturated heterocycles. The van der Waals surface area contributed by atoms with E-state index in [9.17, 15) is 0 Å². The minimum atomic E-state index is -1.39.